The number of nitrogens with one attached hydrogen (secondary N) is 1. The van der Waals surface area contributed by atoms with Gasteiger partial charge in [-0.2, -0.15) is 0 Å². The van der Waals surface area contributed by atoms with Gasteiger partial charge in [0.15, 0.2) is 0 Å². The van der Waals surface area contributed by atoms with Crippen molar-refractivity contribution >= 4 is 5.84 Å². The predicted molar refractivity (Wildman–Crippen MR) is 35.7 cm³/mol. The van der Waals surface area contributed by atoms with Gasteiger partial charge in [0, 0.05) is 13.1 Å². The lowest BCUT2D eigenvalue weighted by molar-refractivity contribution is 0.312. The third kappa shape index (κ3) is 0.781. The van der Waals surface area contributed by atoms with Gasteiger partial charge in [0.2, 0.25) is 0 Å². The average molecular weight is 126 g/mol. The monoisotopic (exact) mass is 126 g/mol. The van der Waals surface area contributed by atoms with Crippen molar-refractivity contribution in [2.75, 3.05) is 7.05 Å². The summed E-state index contributed by atoms with van der Waals surface area (Å²) in [5, 5.41) is 16.2. The Bertz CT molecular complexity index is 174. The lowest BCUT2D eigenvalue weighted by Crippen LogP contribution is -2.28. The fourth-order valence-corrected chi connectivity index (χ4v) is 0.770. The van der Waals surface area contributed by atoms with E-state index in [4.69, 9.17) is 10.5 Å². The van der Waals surface area contributed by atoms with Crippen LogP contribution in [0.5, 0.6) is 0 Å². The first-order chi connectivity index (χ1) is 4.13. The summed E-state index contributed by atoms with van der Waals surface area (Å²) in [6.45, 7) is 1.85. The Balaban J connectivity index is 2.82. The van der Waals surface area contributed by atoms with Crippen LogP contribution in [0.25, 0.3) is 0 Å². The Morgan fingerprint density at radius 3 is 2.44 bits per heavy atom. The standard InChI is InChI=1S/C6H10N2O/c1-4-5(9)3-6(7)8(4)2/h3-4,7,9H,1-2H3. The minimum Gasteiger partial charge on any atom is -0.510 e. The summed E-state index contributed by atoms with van der Waals surface area (Å²) < 4.78 is 0. The molecular weight excluding hydrogens is 116 g/mol. The molecule has 50 valence electrons. The Labute approximate surface area is 54.1 Å². The second-order valence-electron chi connectivity index (χ2n) is 2.24. The van der Waals surface area contributed by atoms with Gasteiger partial charge in [0.25, 0.3) is 0 Å². The van der Waals surface area contributed by atoms with Gasteiger partial charge in [-0.15, -0.1) is 0 Å². The Hall–Kier alpha value is -0.990. The molecule has 3 heteroatoms. The van der Waals surface area contributed by atoms with Gasteiger partial charge in [0.05, 0.1) is 6.04 Å². The maximum Gasteiger partial charge on any atom is 0.124 e. The quantitative estimate of drug-likeness (QED) is 0.503. The van der Waals surface area contributed by atoms with E-state index in [1.165, 1.54) is 6.08 Å². The van der Waals surface area contributed by atoms with E-state index in [2.05, 4.69) is 0 Å². The van der Waals surface area contributed by atoms with Crippen LogP contribution in [0.1, 0.15) is 6.92 Å². The molecule has 1 atom stereocenters. The SMILES string of the molecule is CC1C(O)=CC(=N)N1C. The molecule has 0 aromatic carbocycles. The molecule has 0 fully saturated rings. The van der Waals surface area contributed by atoms with Crippen molar-refractivity contribution in [1.29, 1.82) is 5.41 Å². The molecule has 0 saturated heterocycles. The molecule has 0 saturated carbocycles. The molecule has 0 aromatic heterocycles. The Morgan fingerprint density at radius 2 is 2.33 bits per heavy atom. The maximum atomic E-state index is 9.02. The number of aliphatic hydroxyl groups excluding tert-OH is 1. The molecule has 0 aliphatic carbocycles. The summed E-state index contributed by atoms with van der Waals surface area (Å²) >= 11 is 0. The number of hydrogen-bond acceptors (Lipinski definition) is 2. The van der Waals surface area contributed by atoms with E-state index in [1.807, 2.05) is 6.92 Å². The molecule has 9 heavy (non-hydrogen) atoms. The van der Waals surface area contributed by atoms with Crippen LogP contribution in [0.3, 0.4) is 0 Å². The number of hydrogen-bond donors (Lipinski definition) is 2. The second-order valence-corrected chi connectivity index (χ2v) is 2.24. The number of likely N-dealkylation sites (N-methyl/N-ethyl adjacent to an activating group) is 1. The molecule has 3 nitrogen and oxygen atoms in total. The van der Waals surface area contributed by atoms with E-state index in [0.717, 1.165) is 0 Å². The molecule has 0 radical (unpaired) electrons. The summed E-state index contributed by atoms with van der Waals surface area (Å²) in [5.74, 6) is 0.655. The molecule has 0 aromatic rings. The van der Waals surface area contributed by atoms with E-state index in [9.17, 15) is 0 Å². The summed E-state index contributed by atoms with van der Waals surface area (Å²) in [6.07, 6.45) is 1.46. The van der Waals surface area contributed by atoms with Crippen LogP contribution in [0, 0.1) is 5.41 Å². The fourth-order valence-electron chi connectivity index (χ4n) is 0.770. The van der Waals surface area contributed by atoms with Gasteiger partial charge in [0.1, 0.15) is 11.6 Å². The van der Waals surface area contributed by atoms with Crippen LogP contribution < -0.4 is 0 Å². The van der Waals surface area contributed by atoms with Gasteiger partial charge in [-0.05, 0) is 6.92 Å². The summed E-state index contributed by atoms with van der Waals surface area (Å²) in [4.78, 5) is 1.70. The smallest absolute Gasteiger partial charge is 0.124 e. The number of aliphatic hydroxyl groups is 1. The highest BCUT2D eigenvalue weighted by Crippen LogP contribution is 2.13. The predicted octanol–water partition coefficient (Wildman–Crippen LogP) is 0.739. The van der Waals surface area contributed by atoms with Crippen LogP contribution in [0.15, 0.2) is 11.8 Å². The van der Waals surface area contributed by atoms with Crippen molar-refractivity contribution < 1.29 is 5.11 Å². The van der Waals surface area contributed by atoms with E-state index in [0.29, 0.717) is 5.84 Å². The first kappa shape index (κ1) is 6.13. The summed E-state index contributed by atoms with van der Waals surface area (Å²) in [7, 11) is 1.78. The van der Waals surface area contributed by atoms with Gasteiger partial charge in [-0.25, -0.2) is 0 Å². The van der Waals surface area contributed by atoms with Crippen molar-refractivity contribution in [3.63, 3.8) is 0 Å². The zero-order valence-corrected chi connectivity index (χ0v) is 5.55. The number of amidine groups is 1. The highest BCUT2D eigenvalue weighted by molar-refractivity contribution is 5.93. The van der Waals surface area contributed by atoms with Gasteiger partial charge in [-0.1, -0.05) is 0 Å². The van der Waals surface area contributed by atoms with Gasteiger partial charge in [-0.3, -0.25) is 5.41 Å². The van der Waals surface area contributed by atoms with Crippen molar-refractivity contribution in [3.8, 4) is 0 Å². The van der Waals surface area contributed by atoms with Crippen LogP contribution in [0.2, 0.25) is 0 Å². The first-order valence-corrected chi connectivity index (χ1v) is 2.85. The first-order valence-electron chi connectivity index (χ1n) is 2.85. The zero-order chi connectivity index (χ0) is 7.02. The van der Waals surface area contributed by atoms with Crippen molar-refractivity contribution in [3.05, 3.63) is 11.8 Å². The van der Waals surface area contributed by atoms with Crippen molar-refractivity contribution in [2.24, 2.45) is 0 Å². The molecule has 1 aliphatic rings. The highest BCUT2D eigenvalue weighted by atomic mass is 16.3. The summed E-state index contributed by atoms with van der Waals surface area (Å²) in [6, 6.07) is -0.0162. The Kier molecular flexibility index (Phi) is 1.20. The molecular formula is C6H10N2O. The molecule has 0 bridgehead atoms. The molecule has 1 aliphatic heterocycles. The minimum absolute atomic E-state index is 0.0162. The molecule has 1 heterocycles. The lowest BCUT2D eigenvalue weighted by atomic mass is 10.3. The maximum absolute atomic E-state index is 9.02. The second kappa shape index (κ2) is 1.76. The van der Waals surface area contributed by atoms with Crippen LogP contribution >= 0.6 is 0 Å². The third-order valence-corrected chi connectivity index (χ3v) is 1.67. The lowest BCUT2D eigenvalue weighted by Gasteiger charge is -2.16. The van der Waals surface area contributed by atoms with Crippen molar-refractivity contribution in [2.45, 2.75) is 13.0 Å². The van der Waals surface area contributed by atoms with E-state index < -0.39 is 0 Å². The average Bonchev–Trinajstić information content (AvgIpc) is 1.98. The normalized spacial score (nSPS) is 26.9. The van der Waals surface area contributed by atoms with Crippen LogP contribution in [0.4, 0.5) is 0 Å². The highest BCUT2D eigenvalue weighted by Gasteiger charge is 2.21. The largest absolute Gasteiger partial charge is 0.510 e. The molecule has 0 spiro atoms. The van der Waals surface area contributed by atoms with E-state index in [-0.39, 0.29) is 11.8 Å². The van der Waals surface area contributed by atoms with Gasteiger partial charge < -0.3 is 10.0 Å². The van der Waals surface area contributed by atoms with Crippen LogP contribution in [-0.2, 0) is 0 Å². The Morgan fingerprint density at radius 1 is 1.78 bits per heavy atom. The molecule has 2 N–H and O–H groups in total. The van der Waals surface area contributed by atoms with Crippen LogP contribution in [-0.4, -0.2) is 28.9 Å². The number of rotatable bonds is 0. The zero-order valence-electron chi connectivity index (χ0n) is 5.55. The minimum atomic E-state index is -0.0162. The topological polar surface area (TPSA) is 47.3 Å². The summed E-state index contributed by atoms with van der Waals surface area (Å²) in [5.41, 5.74) is 0. The third-order valence-electron chi connectivity index (χ3n) is 1.67. The molecule has 1 unspecified atom stereocenters. The van der Waals surface area contributed by atoms with Crippen molar-refractivity contribution in [1.82, 2.24) is 4.90 Å². The number of nitrogens with zero attached hydrogens (tertiary/aromatic N) is 1. The van der Waals surface area contributed by atoms with E-state index in [1.54, 1.807) is 11.9 Å². The molecule has 0 amide bonds. The van der Waals surface area contributed by atoms with E-state index >= 15 is 0 Å². The van der Waals surface area contributed by atoms with Gasteiger partial charge >= 0.3 is 0 Å². The fraction of sp³-hybridized carbons (Fsp3) is 0.500. The molecule has 1 rings (SSSR count).